The molecule has 0 spiro atoms. The van der Waals surface area contributed by atoms with E-state index in [1.54, 1.807) is 7.11 Å². The van der Waals surface area contributed by atoms with E-state index in [1.165, 1.54) is 4.90 Å². The van der Waals surface area contributed by atoms with Crippen LogP contribution in [0.25, 0.3) is 0 Å². The van der Waals surface area contributed by atoms with E-state index in [9.17, 15) is 9.59 Å². The van der Waals surface area contributed by atoms with Gasteiger partial charge in [0.1, 0.15) is 5.75 Å². The fraction of sp³-hybridized carbons (Fsp3) is 0.429. The third-order valence-electron chi connectivity index (χ3n) is 3.87. The molecule has 5 nitrogen and oxygen atoms in total. The highest BCUT2D eigenvalue weighted by molar-refractivity contribution is 6.08. The summed E-state index contributed by atoms with van der Waals surface area (Å²) >= 11 is 0. The SMILES string of the molecule is COc1ccc(CN)cc1CN1C(=O)C2CC2C1=O. The van der Waals surface area contributed by atoms with Crippen LogP contribution in [0.4, 0.5) is 0 Å². The number of imide groups is 1. The van der Waals surface area contributed by atoms with Crippen molar-refractivity contribution in [2.75, 3.05) is 7.11 Å². The first-order valence-corrected chi connectivity index (χ1v) is 6.36. The molecule has 2 unspecified atom stereocenters. The topological polar surface area (TPSA) is 72.6 Å². The molecule has 1 saturated heterocycles. The van der Waals surface area contributed by atoms with Gasteiger partial charge in [-0.2, -0.15) is 0 Å². The van der Waals surface area contributed by atoms with E-state index in [0.717, 1.165) is 17.5 Å². The molecular formula is C14H16N2O3. The fourth-order valence-corrected chi connectivity index (χ4v) is 2.66. The number of carbonyl (C=O) groups excluding carboxylic acids is 2. The molecule has 3 rings (SSSR count). The first-order valence-electron chi connectivity index (χ1n) is 6.36. The average molecular weight is 260 g/mol. The summed E-state index contributed by atoms with van der Waals surface area (Å²) in [6.07, 6.45) is 0.730. The van der Waals surface area contributed by atoms with Gasteiger partial charge in [0.2, 0.25) is 11.8 Å². The number of benzene rings is 1. The second kappa shape index (κ2) is 4.35. The number of rotatable bonds is 4. The summed E-state index contributed by atoms with van der Waals surface area (Å²) in [5.41, 5.74) is 7.40. The highest BCUT2D eigenvalue weighted by Gasteiger charge is 2.58. The first-order chi connectivity index (χ1) is 9.15. The van der Waals surface area contributed by atoms with Crippen LogP contribution in [-0.4, -0.2) is 23.8 Å². The van der Waals surface area contributed by atoms with Crippen LogP contribution >= 0.6 is 0 Å². The van der Waals surface area contributed by atoms with Crippen LogP contribution in [0.3, 0.4) is 0 Å². The number of ether oxygens (including phenoxy) is 1. The molecule has 2 amide bonds. The molecule has 5 heteroatoms. The summed E-state index contributed by atoms with van der Waals surface area (Å²) in [7, 11) is 1.58. The van der Waals surface area contributed by atoms with Crippen LogP contribution in [0.15, 0.2) is 18.2 Å². The number of hydrogen-bond donors (Lipinski definition) is 1. The molecule has 1 aromatic rings. The van der Waals surface area contributed by atoms with Crippen molar-refractivity contribution in [3.05, 3.63) is 29.3 Å². The maximum Gasteiger partial charge on any atom is 0.233 e. The molecule has 1 aliphatic carbocycles. The van der Waals surface area contributed by atoms with Crippen LogP contribution in [0.2, 0.25) is 0 Å². The minimum Gasteiger partial charge on any atom is -0.496 e. The van der Waals surface area contributed by atoms with Crippen LogP contribution in [-0.2, 0) is 22.7 Å². The molecule has 100 valence electrons. The van der Waals surface area contributed by atoms with Crippen molar-refractivity contribution < 1.29 is 14.3 Å². The van der Waals surface area contributed by atoms with Crippen molar-refractivity contribution >= 4 is 11.8 Å². The molecule has 2 fully saturated rings. The number of methoxy groups -OCH3 is 1. The van der Waals surface area contributed by atoms with Crippen molar-refractivity contribution in [3.63, 3.8) is 0 Å². The first kappa shape index (κ1) is 12.2. The van der Waals surface area contributed by atoms with Crippen molar-refractivity contribution in [1.82, 2.24) is 4.90 Å². The smallest absolute Gasteiger partial charge is 0.233 e. The molecule has 2 aliphatic rings. The Bertz CT molecular complexity index is 536. The number of fused-ring (bicyclic) bond motifs is 1. The number of piperidine rings is 1. The summed E-state index contributed by atoms with van der Waals surface area (Å²) in [4.78, 5) is 25.3. The molecule has 1 saturated carbocycles. The zero-order valence-corrected chi connectivity index (χ0v) is 10.8. The third-order valence-corrected chi connectivity index (χ3v) is 3.87. The molecule has 19 heavy (non-hydrogen) atoms. The molecule has 0 aromatic heterocycles. The Labute approximate surface area is 111 Å². The van der Waals surface area contributed by atoms with Gasteiger partial charge in [0.15, 0.2) is 0 Å². The molecule has 0 radical (unpaired) electrons. The normalized spacial score (nSPS) is 24.6. The van der Waals surface area contributed by atoms with Crippen LogP contribution < -0.4 is 10.5 Å². The minimum atomic E-state index is -0.0591. The van der Waals surface area contributed by atoms with Crippen LogP contribution in [0, 0.1) is 11.8 Å². The van der Waals surface area contributed by atoms with E-state index in [2.05, 4.69) is 0 Å². The predicted octanol–water partition coefficient (Wildman–Crippen LogP) is 0.659. The molecule has 2 N–H and O–H groups in total. The third kappa shape index (κ3) is 1.90. The molecule has 1 heterocycles. The largest absolute Gasteiger partial charge is 0.496 e. The van der Waals surface area contributed by atoms with Gasteiger partial charge in [-0.15, -0.1) is 0 Å². The zero-order valence-electron chi connectivity index (χ0n) is 10.8. The van der Waals surface area contributed by atoms with Gasteiger partial charge in [-0.05, 0) is 24.1 Å². The summed E-state index contributed by atoms with van der Waals surface area (Å²) in [6.45, 7) is 0.700. The van der Waals surface area contributed by atoms with Gasteiger partial charge in [0.25, 0.3) is 0 Å². The van der Waals surface area contributed by atoms with E-state index >= 15 is 0 Å². The molecule has 2 atom stereocenters. The number of amides is 2. The lowest BCUT2D eigenvalue weighted by Crippen LogP contribution is -2.32. The summed E-state index contributed by atoms with van der Waals surface area (Å²) < 4.78 is 5.27. The maximum absolute atomic E-state index is 12.0. The number of likely N-dealkylation sites (tertiary alicyclic amines) is 1. The van der Waals surface area contributed by atoms with E-state index in [1.807, 2.05) is 18.2 Å². The number of carbonyl (C=O) groups is 2. The standard InChI is InChI=1S/C14H16N2O3/c1-19-12-3-2-8(6-15)4-9(12)7-16-13(17)10-5-11(10)14(16)18/h2-4,10-11H,5-7,15H2,1H3. The second-order valence-corrected chi connectivity index (χ2v) is 5.06. The Kier molecular flexibility index (Phi) is 2.78. The minimum absolute atomic E-state index is 0.0461. The van der Waals surface area contributed by atoms with Crippen molar-refractivity contribution in [1.29, 1.82) is 0 Å². The average Bonchev–Trinajstić information content (AvgIpc) is 3.19. The zero-order chi connectivity index (χ0) is 13.6. The predicted molar refractivity (Wildman–Crippen MR) is 68.0 cm³/mol. The van der Waals surface area contributed by atoms with Gasteiger partial charge in [0.05, 0.1) is 25.5 Å². The van der Waals surface area contributed by atoms with Crippen molar-refractivity contribution in [3.8, 4) is 5.75 Å². The molecule has 0 bridgehead atoms. The quantitative estimate of drug-likeness (QED) is 0.807. The van der Waals surface area contributed by atoms with Crippen molar-refractivity contribution in [2.24, 2.45) is 17.6 Å². The van der Waals surface area contributed by atoms with Crippen LogP contribution in [0.5, 0.6) is 5.75 Å². The molecule has 1 aliphatic heterocycles. The Morgan fingerprint density at radius 1 is 1.32 bits per heavy atom. The summed E-state index contributed by atoms with van der Waals surface area (Å²) in [5.74, 6) is 0.469. The fourth-order valence-electron chi connectivity index (χ4n) is 2.66. The lowest BCUT2D eigenvalue weighted by Gasteiger charge is -2.18. The molecule has 1 aromatic carbocycles. The van der Waals surface area contributed by atoms with E-state index in [-0.39, 0.29) is 30.2 Å². The Morgan fingerprint density at radius 2 is 2.00 bits per heavy atom. The van der Waals surface area contributed by atoms with Gasteiger partial charge in [-0.25, -0.2) is 0 Å². The number of hydrogen-bond acceptors (Lipinski definition) is 4. The summed E-state index contributed by atoms with van der Waals surface area (Å²) in [6, 6.07) is 5.60. The van der Waals surface area contributed by atoms with E-state index in [0.29, 0.717) is 12.3 Å². The van der Waals surface area contributed by atoms with Gasteiger partial charge < -0.3 is 10.5 Å². The van der Waals surface area contributed by atoms with Gasteiger partial charge in [-0.3, -0.25) is 14.5 Å². The monoisotopic (exact) mass is 260 g/mol. The highest BCUT2D eigenvalue weighted by Crippen LogP contribution is 2.47. The van der Waals surface area contributed by atoms with Crippen molar-refractivity contribution in [2.45, 2.75) is 19.5 Å². The highest BCUT2D eigenvalue weighted by atomic mass is 16.5. The van der Waals surface area contributed by atoms with Gasteiger partial charge in [-0.1, -0.05) is 6.07 Å². The Balaban J connectivity index is 1.86. The summed E-state index contributed by atoms with van der Waals surface area (Å²) in [5, 5.41) is 0. The van der Waals surface area contributed by atoms with E-state index in [4.69, 9.17) is 10.5 Å². The maximum atomic E-state index is 12.0. The molecular weight excluding hydrogens is 244 g/mol. The Morgan fingerprint density at radius 3 is 2.58 bits per heavy atom. The second-order valence-electron chi connectivity index (χ2n) is 5.06. The van der Waals surface area contributed by atoms with E-state index < -0.39 is 0 Å². The number of nitrogens with zero attached hydrogens (tertiary/aromatic N) is 1. The Hall–Kier alpha value is -1.88. The lowest BCUT2D eigenvalue weighted by atomic mass is 10.1. The van der Waals surface area contributed by atoms with Gasteiger partial charge in [0, 0.05) is 12.1 Å². The lowest BCUT2D eigenvalue weighted by molar-refractivity contribution is -0.142. The number of nitrogens with two attached hydrogens (primary N) is 1. The van der Waals surface area contributed by atoms with Gasteiger partial charge >= 0.3 is 0 Å². The van der Waals surface area contributed by atoms with Crippen LogP contribution in [0.1, 0.15) is 17.5 Å².